The van der Waals surface area contributed by atoms with Crippen molar-refractivity contribution in [1.82, 2.24) is 0 Å². The van der Waals surface area contributed by atoms with E-state index in [0.29, 0.717) is 12.0 Å². The van der Waals surface area contributed by atoms with Gasteiger partial charge in [-0.1, -0.05) is 43.3 Å². The van der Waals surface area contributed by atoms with Crippen LogP contribution >= 0.6 is 0 Å². The standard InChI is InChI=1S/C24H23FO2/c1-15-21(16-6-9-19(26)10-7-16)12-17-8-11-20(27)14-23(17)22(15)13-18-4-2-3-5-24(18)25/h2-11,14-15,21-22,26-27H,12-13H2,1H3/t15-,21-,22-/m1/s1. The smallest absolute Gasteiger partial charge is 0.126 e. The van der Waals surface area contributed by atoms with Crippen LogP contribution in [0.5, 0.6) is 11.5 Å². The van der Waals surface area contributed by atoms with Gasteiger partial charge in [0.05, 0.1) is 0 Å². The molecular formula is C24H23FO2. The topological polar surface area (TPSA) is 40.5 Å². The molecule has 1 aliphatic rings. The summed E-state index contributed by atoms with van der Waals surface area (Å²) in [6.07, 6.45) is 1.47. The molecule has 2 N–H and O–H groups in total. The van der Waals surface area contributed by atoms with Crippen LogP contribution in [-0.2, 0) is 12.8 Å². The molecule has 27 heavy (non-hydrogen) atoms. The van der Waals surface area contributed by atoms with E-state index in [9.17, 15) is 14.6 Å². The van der Waals surface area contributed by atoms with Crippen molar-refractivity contribution >= 4 is 0 Å². The highest BCUT2D eigenvalue weighted by molar-refractivity contribution is 5.43. The van der Waals surface area contributed by atoms with Crippen molar-refractivity contribution in [3.8, 4) is 11.5 Å². The predicted molar refractivity (Wildman–Crippen MR) is 105 cm³/mol. The first-order chi connectivity index (χ1) is 13.0. The fraction of sp³-hybridized carbons (Fsp3) is 0.250. The number of phenols is 2. The third-order valence-corrected chi connectivity index (χ3v) is 5.96. The van der Waals surface area contributed by atoms with Gasteiger partial charge in [0.1, 0.15) is 17.3 Å². The van der Waals surface area contributed by atoms with E-state index in [-0.39, 0.29) is 35.1 Å². The molecule has 4 rings (SSSR count). The normalized spacial score (nSPS) is 21.6. The van der Waals surface area contributed by atoms with Gasteiger partial charge in [0.25, 0.3) is 0 Å². The minimum absolute atomic E-state index is 0.108. The van der Waals surface area contributed by atoms with Gasteiger partial charge in [-0.15, -0.1) is 0 Å². The van der Waals surface area contributed by atoms with Crippen LogP contribution in [0.25, 0.3) is 0 Å². The lowest BCUT2D eigenvalue weighted by atomic mass is 9.66. The minimum atomic E-state index is -0.182. The average molecular weight is 362 g/mol. The third-order valence-electron chi connectivity index (χ3n) is 5.96. The minimum Gasteiger partial charge on any atom is -0.508 e. The second-order valence-corrected chi connectivity index (χ2v) is 7.55. The van der Waals surface area contributed by atoms with Gasteiger partial charge in [0.15, 0.2) is 0 Å². The fourth-order valence-corrected chi connectivity index (χ4v) is 4.44. The van der Waals surface area contributed by atoms with E-state index >= 15 is 0 Å². The molecule has 0 aliphatic heterocycles. The molecule has 0 unspecified atom stereocenters. The van der Waals surface area contributed by atoms with Crippen LogP contribution in [0.3, 0.4) is 0 Å². The number of aromatic hydroxyl groups is 2. The number of hydrogen-bond acceptors (Lipinski definition) is 2. The highest BCUT2D eigenvalue weighted by Gasteiger charge is 2.35. The van der Waals surface area contributed by atoms with Gasteiger partial charge >= 0.3 is 0 Å². The SMILES string of the molecule is C[C@@H]1[C@H](c2ccc(O)cc2)Cc2ccc(O)cc2[C@@H]1Cc1ccccc1F. The van der Waals surface area contributed by atoms with E-state index in [1.54, 1.807) is 24.3 Å². The molecule has 0 saturated heterocycles. The molecule has 0 spiro atoms. The van der Waals surface area contributed by atoms with Crippen molar-refractivity contribution in [2.45, 2.75) is 31.6 Å². The summed E-state index contributed by atoms with van der Waals surface area (Å²) in [7, 11) is 0. The average Bonchev–Trinajstić information content (AvgIpc) is 2.66. The summed E-state index contributed by atoms with van der Waals surface area (Å²) in [5.41, 5.74) is 4.19. The molecule has 3 heteroatoms. The number of hydrogen-bond donors (Lipinski definition) is 2. The molecule has 0 amide bonds. The molecule has 0 saturated carbocycles. The number of fused-ring (bicyclic) bond motifs is 1. The van der Waals surface area contributed by atoms with Crippen molar-refractivity contribution in [2.75, 3.05) is 0 Å². The lowest BCUT2D eigenvalue weighted by Gasteiger charge is -2.38. The summed E-state index contributed by atoms with van der Waals surface area (Å²) in [4.78, 5) is 0. The molecule has 3 aromatic carbocycles. The van der Waals surface area contributed by atoms with E-state index in [0.717, 1.165) is 12.0 Å². The summed E-state index contributed by atoms with van der Waals surface area (Å²) in [5, 5.41) is 19.6. The first-order valence-electron chi connectivity index (χ1n) is 9.37. The van der Waals surface area contributed by atoms with Gasteiger partial charge in [-0.2, -0.15) is 0 Å². The maximum absolute atomic E-state index is 14.3. The Labute approximate surface area is 158 Å². The van der Waals surface area contributed by atoms with Crippen molar-refractivity contribution in [2.24, 2.45) is 5.92 Å². The zero-order valence-corrected chi connectivity index (χ0v) is 15.3. The summed E-state index contributed by atoms with van der Waals surface area (Å²) < 4.78 is 14.3. The number of halogens is 1. The van der Waals surface area contributed by atoms with Crippen molar-refractivity contribution in [1.29, 1.82) is 0 Å². The monoisotopic (exact) mass is 362 g/mol. The second kappa shape index (κ2) is 7.07. The van der Waals surface area contributed by atoms with Crippen LogP contribution < -0.4 is 0 Å². The van der Waals surface area contributed by atoms with Crippen LogP contribution in [0.2, 0.25) is 0 Å². The Morgan fingerprint density at radius 2 is 1.63 bits per heavy atom. The Kier molecular flexibility index (Phi) is 4.61. The highest BCUT2D eigenvalue weighted by Crippen LogP contribution is 2.47. The zero-order valence-electron chi connectivity index (χ0n) is 15.3. The molecule has 3 aromatic rings. The van der Waals surface area contributed by atoms with Gasteiger partial charge in [-0.25, -0.2) is 4.39 Å². The second-order valence-electron chi connectivity index (χ2n) is 7.55. The van der Waals surface area contributed by atoms with Crippen LogP contribution in [0.1, 0.15) is 41.0 Å². The number of benzene rings is 3. The van der Waals surface area contributed by atoms with E-state index in [1.165, 1.54) is 17.2 Å². The number of rotatable bonds is 3. The molecule has 0 heterocycles. The predicted octanol–water partition coefficient (Wildman–Crippen LogP) is 5.54. The van der Waals surface area contributed by atoms with Gasteiger partial charge in [-0.3, -0.25) is 0 Å². The molecule has 1 aliphatic carbocycles. The maximum Gasteiger partial charge on any atom is 0.126 e. The molecule has 138 valence electrons. The van der Waals surface area contributed by atoms with E-state index in [4.69, 9.17) is 0 Å². The van der Waals surface area contributed by atoms with Crippen molar-refractivity contribution < 1.29 is 14.6 Å². The zero-order chi connectivity index (χ0) is 19.0. The molecular weight excluding hydrogens is 339 g/mol. The molecule has 3 atom stereocenters. The van der Waals surface area contributed by atoms with Crippen LogP contribution in [0, 0.1) is 11.7 Å². The quantitative estimate of drug-likeness (QED) is 0.642. The van der Waals surface area contributed by atoms with Gasteiger partial charge < -0.3 is 10.2 Å². The molecule has 0 radical (unpaired) electrons. The van der Waals surface area contributed by atoms with Crippen LogP contribution in [0.15, 0.2) is 66.7 Å². The molecule has 0 bridgehead atoms. The van der Waals surface area contributed by atoms with Gasteiger partial charge in [-0.05, 0) is 83.2 Å². The number of phenolic OH excluding ortho intramolecular Hbond substituents is 2. The first-order valence-corrected chi connectivity index (χ1v) is 9.37. The molecule has 0 fully saturated rings. The van der Waals surface area contributed by atoms with Crippen LogP contribution in [-0.4, -0.2) is 10.2 Å². The summed E-state index contributed by atoms with van der Waals surface area (Å²) in [6, 6.07) is 19.9. The first kappa shape index (κ1) is 17.6. The Morgan fingerprint density at radius 1 is 0.926 bits per heavy atom. The Hall–Kier alpha value is -2.81. The molecule has 2 nitrogen and oxygen atoms in total. The van der Waals surface area contributed by atoms with E-state index < -0.39 is 0 Å². The Bertz CT molecular complexity index is 949. The summed E-state index contributed by atoms with van der Waals surface area (Å²) >= 11 is 0. The Morgan fingerprint density at radius 3 is 2.37 bits per heavy atom. The molecule has 0 aromatic heterocycles. The lowest BCUT2D eigenvalue weighted by Crippen LogP contribution is -2.28. The largest absolute Gasteiger partial charge is 0.508 e. The third kappa shape index (κ3) is 3.42. The van der Waals surface area contributed by atoms with Crippen molar-refractivity contribution in [3.05, 3.63) is 94.8 Å². The summed E-state index contributed by atoms with van der Waals surface area (Å²) in [6.45, 7) is 2.20. The fourth-order valence-electron chi connectivity index (χ4n) is 4.44. The van der Waals surface area contributed by atoms with Crippen molar-refractivity contribution in [3.63, 3.8) is 0 Å². The maximum atomic E-state index is 14.3. The van der Waals surface area contributed by atoms with Crippen LogP contribution in [0.4, 0.5) is 4.39 Å². The summed E-state index contributed by atoms with van der Waals surface area (Å²) in [5.74, 6) is 0.982. The highest BCUT2D eigenvalue weighted by atomic mass is 19.1. The van der Waals surface area contributed by atoms with E-state index in [1.807, 2.05) is 36.4 Å². The van der Waals surface area contributed by atoms with E-state index in [2.05, 4.69) is 6.92 Å². The van der Waals surface area contributed by atoms with Gasteiger partial charge in [0, 0.05) is 0 Å². The van der Waals surface area contributed by atoms with Gasteiger partial charge in [0.2, 0.25) is 0 Å². The lowest BCUT2D eigenvalue weighted by molar-refractivity contribution is 0.344. The Balaban J connectivity index is 1.76.